The molecule has 0 atom stereocenters. The second-order valence-corrected chi connectivity index (χ2v) is 4.55. The first-order chi connectivity index (χ1) is 9.66. The Kier molecular flexibility index (Phi) is 4.60. The number of aryl methyl sites for hydroxylation is 1. The zero-order chi connectivity index (χ0) is 14.4. The van der Waals surface area contributed by atoms with Crippen LogP contribution < -0.4 is 5.32 Å². The highest BCUT2D eigenvalue weighted by molar-refractivity contribution is 5.91. The molecular weight excluding hydrogens is 254 g/mol. The fourth-order valence-corrected chi connectivity index (χ4v) is 1.99. The third-order valence-electron chi connectivity index (χ3n) is 3.04. The number of anilines is 1. The van der Waals surface area contributed by atoms with Gasteiger partial charge in [0.2, 0.25) is 0 Å². The molecule has 0 fully saturated rings. The highest BCUT2D eigenvalue weighted by Crippen LogP contribution is 2.21. The normalized spacial score (nSPS) is 10.2. The lowest BCUT2D eigenvalue weighted by molar-refractivity contribution is 0.0694. The molecule has 4 nitrogen and oxygen atoms in total. The standard InChI is InChI=1S/C16H17NO3/c18-15-9-8-13(11-14(15)16(19)20)17-10-4-7-12-5-2-1-3-6-12/h1-3,5-6,8-9,11,17-18H,4,7,10H2,(H,19,20). The van der Waals surface area contributed by atoms with Gasteiger partial charge < -0.3 is 15.5 Å². The summed E-state index contributed by atoms with van der Waals surface area (Å²) in [6.45, 7) is 0.749. The number of rotatable bonds is 6. The van der Waals surface area contributed by atoms with Crippen molar-refractivity contribution < 1.29 is 15.0 Å². The highest BCUT2D eigenvalue weighted by atomic mass is 16.4. The molecule has 2 rings (SSSR count). The first-order valence-electron chi connectivity index (χ1n) is 6.51. The molecule has 0 saturated carbocycles. The van der Waals surface area contributed by atoms with Gasteiger partial charge in [0.15, 0.2) is 0 Å². The van der Waals surface area contributed by atoms with Crippen LogP contribution in [0.5, 0.6) is 5.75 Å². The van der Waals surface area contributed by atoms with Gasteiger partial charge in [-0.25, -0.2) is 4.79 Å². The number of nitrogens with one attached hydrogen (secondary N) is 1. The molecule has 0 heterocycles. The minimum atomic E-state index is -1.13. The zero-order valence-corrected chi connectivity index (χ0v) is 11.0. The monoisotopic (exact) mass is 271 g/mol. The zero-order valence-electron chi connectivity index (χ0n) is 11.0. The third-order valence-corrected chi connectivity index (χ3v) is 3.04. The summed E-state index contributed by atoms with van der Waals surface area (Å²) in [6.07, 6.45) is 1.92. The van der Waals surface area contributed by atoms with Crippen molar-refractivity contribution in [2.45, 2.75) is 12.8 Å². The van der Waals surface area contributed by atoms with Crippen molar-refractivity contribution in [1.29, 1.82) is 0 Å². The van der Waals surface area contributed by atoms with Crippen LogP contribution in [0.15, 0.2) is 48.5 Å². The number of aromatic carboxylic acids is 1. The van der Waals surface area contributed by atoms with Crippen molar-refractivity contribution in [3.8, 4) is 5.75 Å². The van der Waals surface area contributed by atoms with Gasteiger partial charge in [-0.3, -0.25) is 0 Å². The molecule has 0 amide bonds. The Bertz CT molecular complexity index is 582. The topological polar surface area (TPSA) is 69.6 Å². The van der Waals surface area contributed by atoms with E-state index in [0.717, 1.165) is 19.4 Å². The number of aromatic hydroxyl groups is 1. The van der Waals surface area contributed by atoms with Gasteiger partial charge in [0.05, 0.1) is 0 Å². The number of phenols is 1. The van der Waals surface area contributed by atoms with Crippen LogP contribution in [0.1, 0.15) is 22.3 Å². The van der Waals surface area contributed by atoms with Gasteiger partial charge in [-0.15, -0.1) is 0 Å². The first-order valence-corrected chi connectivity index (χ1v) is 6.51. The van der Waals surface area contributed by atoms with Crippen LogP contribution in [0.25, 0.3) is 0 Å². The summed E-state index contributed by atoms with van der Waals surface area (Å²) in [5.74, 6) is -1.34. The van der Waals surface area contributed by atoms with Gasteiger partial charge in [0.25, 0.3) is 0 Å². The number of benzene rings is 2. The molecule has 0 radical (unpaired) electrons. The minimum Gasteiger partial charge on any atom is -0.507 e. The van der Waals surface area contributed by atoms with Gasteiger partial charge in [-0.05, 0) is 36.6 Å². The molecule has 20 heavy (non-hydrogen) atoms. The van der Waals surface area contributed by atoms with Crippen molar-refractivity contribution in [3.05, 3.63) is 59.7 Å². The molecule has 0 spiro atoms. The maximum Gasteiger partial charge on any atom is 0.339 e. The molecule has 0 aromatic heterocycles. The van der Waals surface area contributed by atoms with Crippen LogP contribution in [-0.2, 0) is 6.42 Å². The Morgan fingerprint density at radius 3 is 2.55 bits per heavy atom. The molecule has 0 aliphatic rings. The molecular formula is C16H17NO3. The summed E-state index contributed by atoms with van der Waals surface area (Å²) in [6, 6.07) is 14.7. The van der Waals surface area contributed by atoms with Crippen molar-refractivity contribution in [3.63, 3.8) is 0 Å². The molecule has 3 N–H and O–H groups in total. The van der Waals surface area contributed by atoms with Crippen molar-refractivity contribution in [2.75, 3.05) is 11.9 Å². The average molecular weight is 271 g/mol. The lowest BCUT2D eigenvalue weighted by Gasteiger charge is -2.08. The predicted molar refractivity (Wildman–Crippen MR) is 78.3 cm³/mol. The Morgan fingerprint density at radius 2 is 1.85 bits per heavy atom. The number of hydrogen-bond acceptors (Lipinski definition) is 3. The Hall–Kier alpha value is -2.49. The fourth-order valence-electron chi connectivity index (χ4n) is 1.99. The summed E-state index contributed by atoms with van der Waals surface area (Å²) < 4.78 is 0. The molecule has 104 valence electrons. The summed E-state index contributed by atoms with van der Waals surface area (Å²) >= 11 is 0. The Labute approximate surface area is 117 Å². The second kappa shape index (κ2) is 6.61. The van der Waals surface area contributed by atoms with E-state index in [2.05, 4.69) is 17.4 Å². The summed E-state index contributed by atoms with van der Waals surface area (Å²) in [5, 5.41) is 21.5. The van der Waals surface area contributed by atoms with Gasteiger partial charge in [0, 0.05) is 12.2 Å². The van der Waals surface area contributed by atoms with Crippen LogP contribution in [0.3, 0.4) is 0 Å². The number of carbonyl (C=O) groups is 1. The SMILES string of the molecule is O=C(O)c1cc(NCCCc2ccccc2)ccc1O. The molecule has 0 aliphatic carbocycles. The molecule has 4 heteroatoms. The van der Waals surface area contributed by atoms with E-state index >= 15 is 0 Å². The molecule has 0 aliphatic heterocycles. The van der Waals surface area contributed by atoms with Crippen LogP contribution in [0.2, 0.25) is 0 Å². The summed E-state index contributed by atoms with van der Waals surface area (Å²) in [4.78, 5) is 10.9. The number of carboxylic acid groups (broad SMARTS) is 1. The van der Waals surface area contributed by atoms with Crippen molar-refractivity contribution in [1.82, 2.24) is 0 Å². The Morgan fingerprint density at radius 1 is 1.10 bits per heavy atom. The van der Waals surface area contributed by atoms with E-state index in [1.165, 1.54) is 17.7 Å². The van der Waals surface area contributed by atoms with E-state index in [0.29, 0.717) is 5.69 Å². The molecule has 2 aromatic rings. The van der Waals surface area contributed by atoms with Crippen LogP contribution in [0.4, 0.5) is 5.69 Å². The quantitative estimate of drug-likeness (QED) is 0.557. The average Bonchev–Trinajstić information content (AvgIpc) is 2.46. The van der Waals surface area contributed by atoms with E-state index < -0.39 is 5.97 Å². The second-order valence-electron chi connectivity index (χ2n) is 4.55. The lowest BCUT2D eigenvalue weighted by Crippen LogP contribution is -2.04. The van der Waals surface area contributed by atoms with Crippen LogP contribution in [0, 0.1) is 0 Å². The van der Waals surface area contributed by atoms with Gasteiger partial charge in [-0.2, -0.15) is 0 Å². The maximum absolute atomic E-state index is 10.9. The highest BCUT2D eigenvalue weighted by Gasteiger charge is 2.09. The number of hydrogen-bond donors (Lipinski definition) is 3. The maximum atomic E-state index is 10.9. The molecule has 0 saturated heterocycles. The number of carboxylic acids is 1. The van der Waals surface area contributed by atoms with E-state index in [1.54, 1.807) is 6.07 Å². The first kappa shape index (κ1) is 13.9. The van der Waals surface area contributed by atoms with Gasteiger partial charge >= 0.3 is 5.97 Å². The summed E-state index contributed by atoms with van der Waals surface area (Å²) in [7, 11) is 0. The van der Waals surface area contributed by atoms with Crippen molar-refractivity contribution >= 4 is 11.7 Å². The van der Waals surface area contributed by atoms with Gasteiger partial charge in [-0.1, -0.05) is 30.3 Å². The van der Waals surface area contributed by atoms with Crippen LogP contribution >= 0.6 is 0 Å². The molecule has 2 aromatic carbocycles. The predicted octanol–water partition coefficient (Wildman–Crippen LogP) is 3.14. The van der Waals surface area contributed by atoms with E-state index in [-0.39, 0.29) is 11.3 Å². The lowest BCUT2D eigenvalue weighted by atomic mass is 10.1. The van der Waals surface area contributed by atoms with Gasteiger partial charge in [0.1, 0.15) is 11.3 Å². The third kappa shape index (κ3) is 3.75. The van der Waals surface area contributed by atoms with E-state index in [9.17, 15) is 9.90 Å². The molecule has 0 unspecified atom stereocenters. The van der Waals surface area contributed by atoms with E-state index in [4.69, 9.17) is 5.11 Å². The molecule has 0 bridgehead atoms. The van der Waals surface area contributed by atoms with E-state index in [1.807, 2.05) is 18.2 Å². The smallest absolute Gasteiger partial charge is 0.339 e. The van der Waals surface area contributed by atoms with Crippen LogP contribution in [-0.4, -0.2) is 22.7 Å². The fraction of sp³-hybridized carbons (Fsp3) is 0.188. The minimum absolute atomic E-state index is 0.0851. The Balaban J connectivity index is 1.85. The summed E-state index contributed by atoms with van der Waals surface area (Å²) in [5.41, 5.74) is 1.90. The van der Waals surface area contributed by atoms with Crippen molar-refractivity contribution in [2.24, 2.45) is 0 Å². The largest absolute Gasteiger partial charge is 0.507 e.